The Bertz CT molecular complexity index is 893. The standard InChI is InChI=1S/C23H27N3O2/c1-16(27)20-5-3-4-17(21(20)24)12-26-19-8-6-18(7-9-19)23-10-11-25-14-22(23,13-23)15-28-2/h3-9,12,24-26H,10-11,13-15H2,1-2H3/b17-12-,24-21?. The summed E-state index contributed by atoms with van der Waals surface area (Å²) in [5.74, 6) is -0.0881. The summed E-state index contributed by atoms with van der Waals surface area (Å²) >= 11 is 0. The van der Waals surface area contributed by atoms with Crippen molar-refractivity contribution in [2.45, 2.75) is 25.2 Å². The number of carbonyl (C=O) groups is 1. The third kappa shape index (κ3) is 3.05. The van der Waals surface area contributed by atoms with Gasteiger partial charge in [0.25, 0.3) is 0 Å². The normalized spacial score (nSPS) is 30.0. The van der Waals surface area contributed by atoms with Crippen molar-refractivity contribution in [1.82, 2.24) is 5.32 Å². The average Bonchev–Trinajstić information content (AvgIpc) is 3.37. The first-order valence-electron chi connectivity index (χ1n) is 9.77. The van der Waals surface area contributed by atoms with Gasteiger partial charge in [-0.3, -0.25) is 10.2 Å². The monoisotopic (exact) mass is 377 g/mol. The van der Waals surface area contributed by atoms with E-state index >= 15 is 0 Å². The topological polar surface area (TPSA) is 74.2 Å². The lowest BCUT2D eigenvalue weighted by Gasteiger charge is -2.31. The van der Waals surface area contributed by atoms with Gasteiger partial charge in [0, 0.05) is 47.5 Å². The van der Waals surface area contributed by atoms with Crippen molar-refractivity contribution in [3.05, 3.63) is 65.4 Å². The maximum Gasteiger partial charge on any atom is 0.161 e. The third-order valence-corrected chi connectivity index (χ3v) is 6.45. The Morgan fingerprint density at radius 2 is 2.14 bits per heavy atom. The van der Waals surface area contributed by atoms with Crippen molar-refractivity contribution in [2.75, 3.05) is 32.1 Å². The number of allylic oxidation sites excluding steroid dienone is 5. The molecular formula is C23H27N3O2. The summed E-state index contributed by atoms with van der Waals surface area (Å²) < 4.78 is 5.52. The van der Waals surface area contributed by atoms with E-state index < -0.39 is 0 Å². The molecule has 1 saturated carbocycles. The molecule has 1 heterocycles. The summed E-state index contributed by atoms with van der Waals surface area (Å²) in [6, 6.07) is 8.62. The highest BCUT2D eigenvalue weighted by atomic mass is 16.5. The number of anilines is 1. The number of Topliss-reactive ketones (excluding diaryl/α,β-unsaturated/α-hetero) is 1. The average molecular weight is 377 g/mol. The van der Waals surface area contributed by atoms with Gasteiger partial charge in [0.1, 0.15) is 0 Å². The maximum absolute atomic E-state index is 11.6. The molecule has 1 aromatic rings. The lowest BCUT2D eigenvalue weighted by molar-refractivity contribution is -0.113. The van der Waals surface area contributed by atoms with E-state index in [-0.39, 0.29) is 22.3 Å². The number of nitrogens with one attached hydrogen (secondary N) is 3. The molecule has 1 aromatic carbocycles. The smallest absolute Gasteiger partial charge is 0.161 e. The molecular weight excluding hydrogens is 350 g/mol. The van der Waals surface area contributed by atoms with Gasteiger partial charge < -0.3 is 15.4 Å². The molecule has 146 valence electrons. The van der Waals surface area contributed by atoms with E-state index in [0.717, 1.165) is 31.8 Å². The predicted molar refractivity (Wildman–Crippen MR) is 112 cm³/mol. The number of piperidine rings is 1. The van der Waals surface area contributed by atoms with Crippen molar-refractivity contribution in [3.8, 4) is 0 Å². The molecule has 28 heavy (non-hydrogen) atoms. The van der Waals surface area contributed by atoms with Gasteiger partial charge in [0.05, 0.1) is 12.3 Å². The van der Waals surface area contributed by atoms with Crippen LogP contribution in [0.25, 0.3) is 0 Å². The molecule has 3 N–H and O–H groups in total. The Kier molecular flexibility index (Phi) is 4.81. The summed E-state index contributed by atoms with van der Waals surface area (Å²) in [6.45, 7) is 4.36. The summed E-state index contributed by atoms with van der Waals surface area (Å²) in [5, 5.41) is 15.0. The Morgan fingerprint density at radius 3 is 2.86 bits per heavy atom. The molecule has 2 aliphatic carbocycles. The highest BCUT2D eigenvalue weighted by Crippen LogP contribution is 2.67. The number of rotatable bonds is 6. The predicted octanol–water partition coefficient (Wildman–Crippen LogP) is 3.35. The molecule has 0 bridgehead atoms. The van der Waals surface area contributed by atoms with Gasteiger partial charge in [-0.15, -0.1) is 0 Å². The first kappa shape index (κ1) is 18.8. The minimum absolute atomic E-state index is 0.0881. The van der Waals surface area contributed by atoms with Crippen LogP contribution in [0, 0.1) is 10.8 Å². The summed E-state index contributed by atoms with van der Waals surface area (Å²) in [4.78, 5) is 11.6. The van der Waals surface area contributed by atoms with Crippen molar-refractivity contribution in [2.24, 2.45) is 5.41 Å². The van der Waals surface area contributed by atoms with E-state index in [2.05, 4.69) is 34.9 Å². The zero-order chi connectivity index (χ0) is 19.8. The number of ether oxygens (including phenoxy) is 1. The maximum atomic E-state index is 11.6. The van der Waals surface area contributed by atoms with Gasteiger partial charge in [-0.05, 0) is 50.1 Å². The Labute approximate surface area is 166 Å². The second kappa shape index (κ2) is 7.15. The van der Waals surface area contributed by atoms with Crippen LogP contribution < -0.4 is 10.6 Å². The molecule has 0 spiro atoms. The number of carbonyl (C=O) groups excluding carboxylic acids is 1. The molecule has 5 heteroatoms. The molecule has 2 unspecified atom stereocenters. The molecule has 0 amide bonds. The number of benzene rings is 1. The van der Waals surface area contributed by atoms with E-state index in [0.29, 0.717) is 11.1 Å². The van der Waals surface area contributed by atoms with Crippen LogP contribution >= 0.6 is 0 Å². The van der Waals surface area contributed by atoms with E-state index in [1.807, 2.05) is 12.2 Å². The van der Waals surface area contributed by atoms with Crippen LogP contribution in [0.5, 0.6) is 0 Å². The summed E-state index contributed by atoms with van der Waals surface area (Å²) in [7, 11) is 1.79. The SMILES string of the molecule is COCC12CNCCC1(c1ccc(N/C=C3/C=CC=C(C(C)=O)C3=N)cc1)C2. The van der Waals surface area contributed by atoms with Gasteiger partial charge in [0.2, 0.25) is 0 Å². The van der Waals surface area contributed by atoms with E-state index in [4.69, 9.17) is 10.1 Å². The molecule has 0 aromatic heterocycles. The van der Waals surface area contributed by atoms with Gasteiger partial charge >= 0.3 is 0 Å². The van der Waals surface area contributed by atoms with Crippen molar-refractivity contribution >= 4 is 17.2 Å². The number of fused-ring (bicyclic) bond motifs is 1. The fourth-order valence-electron chi connectivity index (χ4n) is 4.85. The Balaban J connectivity index is 1.48. The first-order chi connectivity index (χ1) is 13.5. The summed E-state index contributed by atoms with van der Waals surface area (Å²) in [6.07, 6.45) is 9.46. The van der Waals surface area contributed by atoms with Crippen molar-refractivity contribution < 1.29 is 9.53 Å². The molecule has 0 radical (unpaired) electrons. The van der Waals surface area contributed by atoms with E-state index in [9.17, 15) is 4.79 Å². The van der Waals surface area contributed by atoms with Gasteiger partial charge in [-0.2, -0.15) is 0 Å². The third-order valence-electron chi connectivity index (χ3n) is 6.45. The zero-order valence-corrected chi connectivity index (χ0v) is 16.5. The van der Waals surface area contributed by atoms with E-state index in [1.54, 1.807) is 19.4 Å². The fourth-order valence-corrected chi connectivity index (χ4v) is 4.85. The van der Waals surface area contributed by atoms with Gasteiger partial charge in [-0.25, -0.2) is 0 Å². The largest absolute Gasteiger partial charge is 0.384 e. The lowest BCUT2D eigenvalue weighted by atomic mass is 9.81. The fraction of sp³-hybridized carbons (Fsp3) is 0.391. The number of hydrogen-bond acceptors (Lipinski definition) is 5. The van der Waals surface area contributed by atoms with Crippen LogP contribution in [-0.2, 0) is 14.9 Å². The number of ketones is 1. The molecule has 1 saturated heterocycles. The highest BCUT2D eigenvalue weighted by molar-refractivity contribution is 6.28. The second-order valence-corrected chi connectivity index (χ2v) is 8.09. The molecule has 1 aliphatic heterocycles. The van der Waals surface area contributed by atoms with Crippen LogP contribution in [0.1, 0.15) is 25.3 Å². The Hall–Kier alpha value is -2.50. The molecule has 2 atom stereocenters. The second-order valence-electron chi connectivity index (χ2n) is 8.09. The van der Waals surface area contributed by atoms with Crippen LogP contribution in [0.3, 0.4) is 0 Å². The van der Waals surface area contributed by atoms with Crippen molar-refractivity contribution in [3.63, 3.8) is 0 Å². The molecule has 2 fully saturated rings. The van der Waals surface area contributed by atoms with Crippen LogP contribution in [0.4, 0.5) is 5.69 Å². The number of hydrogen-bond donors (Lipinski definition) is 3. The zero-order valence-electron chi connectivity index (χ0n) is 16.5. The minimum atomic E-state index is -0.0881. The molecule has 3 aliphatic rings. The van der Waals surface area contributed by atoms with Crippen LogP contribution in [-0.4, -0.2) is 38.3 Å². The van der Waals surface area contributed by atoms with E-state index in [1.165, 1.54) is 18.9 Å². The van der Waals surface area contributed by atoms with Crippen LogP contribution in [0.15, 0.2) is 59.8 Å². The summed E-state index contributed by atoms with van der Waals surface area (Å²) in [5.41, 5.74) is 4.23. The van der Waals surface area contributed by atoms with Gasteiger partial charge in [-0.1, -0.05) is 24.3 Å². The highest BCUT2D eigenvalue weighted by Gasteiger charge is 2.68. The van der Waals surface area contributed by atoms with Crippen LogP contribution in [0.2, 0.25) is 0 Å². The van der Waals surface area contributed by atoms with Crippen molar-refractivity contribution in [1.29, 1.82) is 5.41 Å². The first-order valence-corrected chi connectivity index (χ1v) is 9.77. The molecule has 5 nitrogen and oxygen atoms in total. The Morgan fingerprint density at radius 1 is 1.36 bits per heavy atom. The van der Waals surface area contributed by atoms with Gasteiger partial charge in [0.15, 0.2) is 5.78 Å². The lowest BCUT2D eigenvalue weighted by Crippen LogP contribution is -2.40. The minimum Gasteiger partial charge on any atom is -0.384 e. The number of methoxy groups -OCH3 is 1. The molecule has 4 rings (SSSR count). The quantitative estimate of drug-likeness (QED) is 0.711.